The van der Waals surface area contributed by atoms with Crippen LogP contribution in [-0.4, -0.2) is 52.8 Å². The molecule has 2 saturated heterocycles. The van der Waals surface area contributed by atoms with Crippen molar-refractivity contribution in [1.82, 2.24) is 25.8 Å². The molecule has 0 spiro atoms. The minimum absolute atomic E-state index is 0. The Hall–Kier alpha value is -0.380. The maximum absolute atomic E-state index is 11.7. The Morgan fingerprint density at radius 2 is 2.16 bits per heavy atom. The summed E-state index contributed by atoms with van der Waals surface area (Å²) in [5.74, 6) is 0.848. The number of halogens is 1. The van der Waals surface area contributed by atoms with Gasteiger partial charge < -0.3 is 10.2 Å². The first-order valence-corrected chi connectivity index (χ1v) is 10.5. The largest absolute Gasteiger partial charge is 0.317 e. The fraction of sp³-hybridized carbons (Fsp3) is 0.750. The molecule has 0 aromatic carbocycles. The number of amides is 1. The van der Waals surface area contributed by atoms with Crippen LogP contribution in [0.4, 0.5) is 0 Å². The van der Waals surface area contributed by atoms with E-state index in [0.717, 1.165) is 18.8 Å². The summed E-state index contributed by atoms with van der Waals surface area (Å²) in [6.45, 7) is 7.98. The molecule has 0 radical (unpaired) electrons. The van der Waals surface area contributed by atoms with Crippen molar-refractivity contribution in [3.63, 3.8) is 0 Å². The Morgan fingerprint density at radius 1 is 1.40 bits per heavy atom. The fourth-order valence-electron chi connectivity index (χ4n) is 3.36. The minimum atomic E-state index is -0.611. The van der Waals surface area contributed by atoms with Gasteiger partial charge in [-0.3, -0.25) is 20.4 Å². The van der Waals surface area contributed by atoms with Crippen molar-refractivity contribution in [3.8, 4) is 0 Å². The van der Waals surface area contributed by atoms with Crippen LogP contribution in [0.15, 0.2) is 11.7 Å². The molecule has 2 unspecified atom stereocenters. The Bertz CT molecular complexity index is 555. The van der Waals surface area contributed by atoms with E-state index in [9.17, 15) is 4.79 Å². The summed E-state index contributed by atoms with van der Waals surface area (Å²) < 4.78 is 0. The highest BCUT2D eigenvalue weighted by Gasteiger charge is 2.47. The molecule has 2 atom stereocenters. The Morgan fingerprint density at radius 3 is 2.80 bits per heavy atom. The lowest BCUT2D eigenvalue weighted by molar-refractivity contribution is -0.120. The maximum Gasteiger partial charge on any atom is 0.219 e. The van der Waals surface area contributed by atoms with Crippen LogP contribution in [0, 0.1) is 0 Å². The van der Waals surface area contributed by atoms with E-state index < -0.39 is 5.12 Å². The molecule has 1 amide bonds. The predicted molar refractivity (Wildman–Crippen MR) is 107 cm³/mol. The number of thioether (sulfide) groups is 1. The fourth-order valence-corrected chi connectivity index (χ4v) is 5.64. The summed E-state index contributed by atoms with van der Waals surface area (Å²) in [5.41, 5.74) is 1.67. The Kier molecular flexibility index (Phi) is 7.54. The molecule has 0 aliphatic carbocycles. The molecule has 9 heteroatoms. The SMILES string of the molecule is CC(=O)NC1(NCCN2CCCCC2)NC(C)(c2cncs2)CS1.Cl. The van der Waals surface area contributed by atoms with Gasteiger partial charge in [0.05, 0.1) is 11.0 Å². The first-order valence-electron chi connectivity index (χ1n) is 8.60. The number of nitrogens with one attached hydrogen (secondary N) is 3. The maximum atomic E-state index is 11.7. The Balaban J connectivity index is 0.00000225. The van der Waals surface area contributed by atoms with Gasteiger partial charge in [0.25, 0.3) is 0 Å². The van der Waals surface area contributed by atoms with Gasteiger partial charge in [0.15, 0.2) is 5.12 Å². The van der Waals surface area contributed by atoms with Gasteiger partial charge in [-0.25, -0.2) is 0 Å². The van der Waals surface area contributed by atoms with Crippen LogP contribution in [0.2, 0.25) is 0 Å². The second-order valence-electron chi connectivity index (χ2n) is 6.80. The minimum Gasteiger partial charge on any atom is -0.317 e. The van der Waals surface area contributed by atoms with Crippen LogP contribution < -0.4 is 16.0 Å². The number of rotatable bonds is 6. The molecule has 2 aliphatic rings. The molecule has 2 aliphatic heterocycles. The normalized spacial score (nSPS) is 30.0. The number of aromatic nitrogens is 1. The molecule has 0 bridgehead atoms. The van der Waals surface area contributed by atoms with Crippen molar-refractivity contribution >= 4 is 41.4 Å². The summed E-state index contributed by atoms with van der Waals surface area (Å²) in [7, 11) is 0. The number of thiazole rings is 1. The monoisotopic (exact) mass is 405 g/mol. The average molecular weight is 406 g/mol. The van der Waals surface area contributed by atoms with Crippen LogP contribution >= 0.6 is 35.5 Å². The summed E-state index contributed by atoms with van der Waals surface area (Å²) in [5, 5.41) is 9.64. The molecule has 3 N–H and O–H groups in total. The van der Waals surface area contributed by atoms with E-state index >= 15 is 0 Å². The number of nitrogens with zero attached hydrogens (tertiary/aromatic N) is 2. The molecule has 1 aromatic rings. The molecule has 0 saturated carbocycles. The molecule has 3 rings (SSSR count). The third kappa shape index (κ3) is 5.30. The number of piperidine rings is 1. The third-order valence-corrected chi connectivity index (χ3v) is 7.15. The topological polar surface area (TPSA) is 69.3 Å². The van der Waals surface area contributed by atoms with Crippen molar-refractivity contribution in [1.29, 1.82) is 0 Å². The van der Waals surface area contributed by atoms with Gasteiger partial charge in [0, 0.05) is 36.8 Å². The lowest BCUT2D eigenvalue weighted by atomic mass is 10.0. The predicted octanol–water partition coefficient (Wildman–Crippen LogP) is 1.94. The van der Waals surface area contributed by atoms with E-state index in [-0.39, 0.29) is 23.9 Å². The molecule has 1 aromatic heterocycles. The molecule has 25 heavy (non-hydrogen) atoms. The molecule has 142 valence electrons. The van der Waals surface area contributed by atoms with Gasteiger partial charge in [-0.15, -0.1) is 23.7 Å². The van der Waals surface area contributed by atoms with Gasteiger partial charge in [0.2, 0.25) is 5.91 Å². The van der Waals surface area contributed by atoms with Crippen LogP contribution in [0.1, 0.15) is 38.0 Å². The van der Waals surface area contributed by atoms with Crippen LogP contribution in [0.5, 0.6) is 0 Å². The standard InChI is InChI=1S/C16H27N5OS2.ClH/c1-13(22)19-16(18-6-9-21-7-4-3-5-8-21)20-15(2,11-24-16)14-10-17-12-23-14;/h10,12,18,20H,3-9,11H2,1-2H3,(H,19,22);1H. The van der Waals surface area contributed by atoms with Crippen LogP contribution in [-0.2, 0) is 10.3 Å². The van der Waals surface area contributed by atoms with Gasteiger partial charge in [-0.1, -0.05) is 18.2 Å². The summed E-state index contributed by atoms with van der Waals surface area (Å²) >= 11 is 3.37. The van der Waals surface area contributed by atoms with Gasteiger partial charge in [0.1, 0.15) is 0 Å². The zero-order valence-electron chi connectivity index (χ0n) is 14.8. The summed E-state index contributed by atoms with van der Waals surface area (Å²) in [4.78, 5) is 19.6. The van der Waals surface area contributed by atoms with Gasteiger partial charge in [-0.2, -0.15) is 0 Å². The number of hydrogen-bond acceptors (Lipinski definition) is 7. The zero-order chi connectivity index (χ0) is 17.0. The first kappa shape index (κ1) is 20.9. The highest BCUT2D eigenvalue weighted by Crippen LogP contribution is 2.39. The average Bonchev–Trinajstić information content (AvgIpc) is 3.18. The second-order valence-corrected chi connectivity index (χ2v) is 8.88. The number of likely N-dealkylation sites (tertiary alicyclic amines) is 1. The first-order chi connectivity index (χ1) is 11.5. The van der Waals surface area contributed by atoms with Crippen molar-refractivity contribution in [2.45, 2.75) is 43.8 Å². The van der Waals surface area contributed by atoms with E-state index in [1.165, 1.54) is 37.2 Å². The van der Waals surface area contributed by atoms with E-state index in [4.69, 9.17) is 0 Å². The van der Waals surface area contributed by atoms with E-state index in [0.29, 0.717) is 0 Å². The summed E-state index contributed by atoms with van der Waals surface area (Å²) in [6, 6.07) is 0. The van der Waals surface area contributed by atoms with Crippen molar-refractivity contribution in [3.05, 3.63) is 16.6 Å². The highest BCUT2D eigenvalue weighted by atomic mass is 35.5. The van der Waals surface area contributed by atoms with E-state index in [1.54, 1.807) is 30.0 Å². The second kappa shape index (κ2) is 9.01. The molecule has 3 heterocycles. The van der Waals surface area contributed by atoms with Gasteiger partial charge in [-0.05, 0) is 32.9 Å². The smallest absolute Gasteiger partial charge is 0.219 e. The molecule has 6 nitrogen and oxygen atoms in total. The number of carbonyl (C=O) groups excluding carboxylic acids is 1. The quantitative estimate of drug-likeness (QED) is 0.628. The van der Waals surface area contributed by atoms with Gasteiger partial charge >= 0.3 is 0 Å². The lowest BCUT2D eigenvalue weighted by Gasteiger charge is -2.35. The zero-order valence-corrected chi connectivity index (χ0v) is 17.3. The number of hydrogen-bond donors (Lipinski definition) is 3. The molecule has 2 fully saturated rings. The third-order valence-electron chi connectivity index (χ3n) is 4.61. The van der Waals surface area contributed by atoms with Crippen LogP contribution in [0.25, 0.3) is 0 Å². The highest BCUT2D eigenvalue weighted by molar-refractivity contribution is 8.00. The number of carbonyl (C=O) groups is 1. The van der Waals surface area contributed by atoms with Crippen LogP contribution in [0.3, 0.4) is 0 Å². The van der Waals surface area contributed by atoms with Crippen molar-refractivity contribution in [2.24, 2.45) is 0 Å². The van der Waals surface area contributed by atoms with Crippen molar-refractivity contribution in [2.75, 3.05) is 31.9 Å². The molecular weight excluding hydrogens is 378 g/mol. The van der Waals surface area contributed by atoms with E-state index in [2.05, 4.69) is 32.8 Å². The molecular formula is C16H28ClN5OS2. The Labute approximate surface area is 164 Å². The summed E-state index contributed by atoms with van der Waals surface area (Å²) in [6.07, 6.45) is 5.86. The van der Waals surface area contributed by atoms with E-state index in [1.807, 2.05) is 11.7 Å². The lowest BCUT2D eigenvalue weighted by Crippen LogP contribution is -2.66. The van der Waals surface area contributed by atoms with Crippen molar-refractivity contribution < 1.29 is 4.79 Å².